The smallest absolute Gasteiger partial charge is 0.381 e. The van der Waals surface area contributed by atoms with Crippen molar-refractivity contribution in [2.45, 2.75) is 48.6 Å². The number of rotatable bonds is 18. The maximum atomic E-state index is 12.1. The number of nitro groups is 2. The topological polar surface area (TPSA) is 248 Å². The van der Waals surface area contributed by atoms with E-state index in [1.807, 2.05) is 0 Å². The molecule has 0 bridgehead atoms. The van der Waals surface area contributed by atoms with Crippen LogP contribution >= 0.6 is 43.2 Å². The Balaban J connectivity index is 1.66. The van der Waals surface area contributed by atoms with Crippen molar-refractivity contribution in [3.8, 4) is 0 Å². The molecule has 2 rings (SSSR count). The van der Waals surface area contributed by atoms with E-state index >= 15 is 0 Å². The van der Waals surface area contributed by atoms with Crippen molar-refractivity contribution in [3.63, 3.8) is 0 Å². The summed E-state index contributed by atoms with van der Waals surface area (Å²) < 4.78 is 43.8. The molecule has 0 saturated carbocycles. The van der Waals surface area contributed by atoms with Crippen molar-refractivity contribution >= 4 is 88.7 Å². The third-order valence-electron chi connectivity index (χ3n) is 4.59. The van der Waals surface area contributed by atoms with Crippen molar-refractivity contribution in [1.82, 2.24) is 9.97 Å². The van der Waals surface area contributed by atoms with Gasteiger partial charge in [-0.2, -0.15) is 8.42 Å². The van der Waals surface area contributed by atoms with Gasteiger partial charge in [0.25, 0.3) is 11.4 Å². The first-order chi connectivity index (χ1) is 20.8. The number of carbonyl (C=O) groups excluding carboxylic acids is 3. The molecule has 44 heavy (non-hydrogen) atoms. The molecule has 0 aliphatic carbocycles. The van der Waals surface area contributed by atoms with Crippen LogP contribution in [0.3, 0.4) is 0 Å². The van der Waals surface area contributed by atoms with Crippen molar-refractivity contribution in [2.24, 2.45) is 4.40 Å². The number of pyridine rings is 2. The Morgan fingerprint density at radius 3 is 1.64 bits per heavy atom. The van der Waals surface area contributed by atoms with Crippen LogP contribution in [0.5, 0.6) is 0 Å². The molecule has 2 heterocycles. The summed E-state index contributed by atoms with van der Waals surface area (Å²) >= 11 is 0. The van der Waals surface area contributed by atoms with E-state index in [4.69, 9.17) is 9.29 Å². The monoisotopic (exact) mass is 709 g/mol. The Kier molecular flexibility index (Phi) is 16.1. The third kappa shape index (κ3) is 16.0. The van der Waals surface area contributed by atoms with Crippen LogP contribution in [0.25, 0.3) is 0 Å². The Hall–Kier alpha value is -3.31. The molecule has 2 aromatic heterocycles. The lowest BCUT2D eigenvalue weighted by Crippen LogP contribution is -2.18. The standard InChI is InChI=1S/C22H23N5O12S5/c28-20(3-1-11-40-42-18-8-5-15(13-23-18)26(31)32)38-17(25-44(35,36)37)7-10-22(30)39-21(29)4-2-12-41-43-19-9-6-16(14-24-19)27(33)34/h5-6,8-9,13-14H,1-4,7,10-12H2,(H,35,36,37)/b25-17-. The van der Waals surface area contributed by atoms with Gasteiger partial charge < -0.3 is 9.47 Å². The highest BCUT2D eigenvalue weighted by atomic mass is 33.1. The van der Waals surface area contributed by atoms with Crippen molar-refractivity contribution in [1.29, 1.82) is 0 Å². The molecule has 0 atom stereocenters. The first-order valence-corrected chi connectivity index (χ1v) is 18.2. The van der Waals surface area contributed by atoms with E-state index in [2.05, 4.69) is 19.1 Å². The third-order valence-corrected chi connectivity index (χ3v) is 9.73. The molecular weight excluding hydrogens is 687 g/mol. The summed E-state index contributed by atoms with van der Waals surface area (Å²) in [5.41, 5.74) is -0.283. The van der Waals surface area contributed by atoms with Crippen LogP contribution in [0.15, 0.2) is 51.1 Å². The largest absolute Gasteiger partial charge is 0.411 e. The highest BCUT2D eigenvalue weighted by molar-refractivity contribution is 8.77. The SMILES string of the molecule is O=C(CCCSSc1ccc([N+](=O)[O-])cn1)OC(=O)CC/C(=N/S(=O)(=O)O)OC(=O)CCCSSc1ccc([N+](=O)[O-])cn1. The maximum absolute atomic E-state index is 12.1. The van der Waals surface area contributed by atoms with E-state index in [1.54, 1.807) is 0 Å². The molecule has 238 valence electrons. The number of ether oxygens (including phenoxy) is 2. The molecule has 1 N–H and O–H groups in total. The van der Waals surface area contributed by atoms with Crippen molar-refractivity contribution in [3.05, 3.63) is 56.9 Å². The van der Waals surface area contributed by atoms with Gasteiger partial charge in [-0.25, -0.2) is 9.97 Å². The van der Waals surface area contributed by atoms with Crippen molar-refractivity contribution in [2.75, 3.05) is 11.5 Å². The number of aromatic nitrogens is 2. The quantitative estimate of drug-likeness (QED) is 0.0255. The van der Waals surface area contributed by atoms with Gasteiger partial charge in [0, 0.05) is 42.9 Å². The number of hydrogen-bond acceptors (Lipinski definition) is 17. The normalized spacial score (nSPS) is 11.5. The van der Waals surface area contributed by atoms with E-state index in [9.17, 15) is 43.0 Å². The summed E-state index contributed by atoms with van der Waals surface area (Å²) in [4.78, 5) is 64.1. The number of hydrogen-bond donors (Lipinski definition) is 1. The fourth-order valence-electron chi connectivity index (χ4n) is 2.68. The minimum Gasteiger partial charge on any atom is -0.411 e. The molecule has 0 aliphatic heterocycles. The predicted octanol–water partition coefficient (Wildman–Crippen LogP) is 4.63. The molecule has 0 fully saturated rings. The first-order valence-electron chi connectivity index (χ1n) is 12.1. The average molecular weight is 710 g/mol. The van der Waals surface area contributed by atoms with Gasteiger partial charge in [-0.05, 0) is 46.6 Å². The van der Waals surface area contributed by atoms with Gasteiger partial charge >= 0.3 is 28.2 Å². The van der Waals surface area contributed by atoms with E-state index < -0.39 is 56.8 Å². The summed E-state index contributed by atoms with van der Waals surface area (Å²) in [6.07, 6.45) is 1.49. The zero-order valence-electron chi connectivity index (χ0n) is 22.3. The second-order valence-electron chi connectivity index (χ2n) is 7.99. The lowest BCUT2D eigenvalue weighted by Gasteiger charge is -2.07. The fraction of sp³-hybridized carbons (Fsp3) is 0.364. The van der Waals surface area contributed by atoms with E-state index in [0.717, 1.165) is 12.4 Å². The Morgan fingerprint density at radius 1 is 0.773 bits per heavy atom. The summed E-state index contributed by atoms with van der Waals surface area (Å²) in [6, 6.07) is 5.59. The molecule has 0 aromatic carbocycles. The highest BCUT2D eigenvalue weighted by Crippen LogP contribution is 2.31. The van der Waals surface area contributed by atoms with Gasteiger partial charge in [0.1, 0.15) is 22.4 Å². The van der Waals surface area contributed by atoms with Gasteiger partial charge in [-0.15, -0.1) is 4.40 Å². The van der Waals surface area contributed by atoms with E-state index in [-0.39, 0.29) is 24.2 Å². The Morgan fingerprint density at radius 2 is 1.23 bits per heavy atom. The van der Waals surface area contributed by atoms with E-state index in [1.165, 1.54) is 67.4 Å². The number of nitrogens with zero attached hydrogens (tertiary/aromatic N) is 5. The summed E-state index contributed by atoms with van der Waals surface area (Å²) in [5.74, 6) is -2.60. The predicted molar refractivity (Wildman–Crippen MR) is 162 cm³/mol. The van der Waals surface area contributed by atoms with E-state index in [0.29, 0.717) is 34.4 Å². The molecule has 22 heteroatoms. The molecular formula is C22H23N5O12S5. The molecule has 0 saturated heterocycles. The second-order valence-corrected chi connectivity index (χ2v) is 13.9. The van der Waals surface area contributed by atoms with Gasteiger partial charge in [-0.3, -0.25) is 39.2 Å². The summed E-state index contributed by atoms with van der Waals surface area (Å²) in [7, 11) is 0.173. The lowest BCUT2D eigenvalue weighted by atomic mass is 10.3. The summed E-state index contributed by atoms with van der Waals surface area (Å²) in [6.45, 7) is 0. The minimum absolute atomic E-state index is 0.107. The number of carbonyl (C=O) groups is 3. The van der Waals surface area contributed by atoms with Crippen LogP contribution in [-0.2, 0) is 34.2 Å². The Labute approximate surface area is 265 Å². The van der Waals surface area contributed by atoms with Gasteiger partial charge in [0.15, 0.2) is 0 Å². The minimum atomic E-state index is -4.96. The van der Waals surface area contributed by atoms with Crippen LogP contribution in [0.1, 0.15) is 38.5 Å². The van der Waals surface area contributed by atoms with Crippen LogP contribution in [0.4, 0.5) is 11.4 Å². The first kappa shape index (κ1) is 36.9. The maximum Gasteiger partial charge on any atom is 0.381 e. The molecule has 17 nitrogen and oxygen atoms in total. The molecule has 0 amide bonds. The molecule has 0 unspecified atom stereocenters. The molecule has 2 aromatic rings. The molecule has 0 aliphatic rings. The lowest BCUT2D eigenvalue weighted by molar-refractivity contribution is -0.385. The van der Waals surface area contributed by atoms with Crippen LogP contribution < -0.4 is 0 Å². The summed E-state index contributed by atoms with van der Waals surface area (Å²) in [5, 5.41) is 22.4. The Bertz CT molecular complexity index is 1460. The zero-order valence-corrected chi connectivity index (χ0v) is 26.4. The van der Waals surface area contributed by atoms with Crippen LogP contribution in [0.2, 0.25) is 0 Å². The van der Waals surface area contributed by atoms with Gasteiger partial charge in [0.2, 0.25) is 5.90 Å². The fourth-order valence-corrected chi connectivity index (χ4v) is 6.96. The van der Waals surface area contributed by atoms with Crippen LogP contribution in [-0.4, -0.2) is 68.1 Å². The van der Waals surface area contributed by atoms with Gasteiger partial charge in [0.05, 0.1) is 16.3 Å². The van der Waals surface area contributed by atoms with Gasteiger partial charge in [-0.1, -0.05) is 21.6 Å². The van der Waals surface area contributed by atoms with Crippen molar-refractivity contribution < 1.29 is 46.7 Å². The van der Waals surface area contributed by atoms with Crippen LogP contribution in [0, 0.1) is 20.2 Å². The number of esters is 3. The molecule has 0 spiro atoms. The second kappa shape index (κ2) is 19.2. The zero-order chi connectivity index (χ0) is 32.5. The molecule has 0 radical (unpaired) electrons. The highest BCUT2D eigenvalue weighted by Gasteiger charge is 2.17. The average Bonchev–Trinajstić information content (AvgIpc) is 2.95.